The van der Waals surface area contributed by atoms with Gasteiger partial charge in [0.15, 0.2) is 5.84 Å². The van der Waals surface area contributed by atoms with Gasteiger partial charge in [-0.2, -0.15) is 15.1 Å². The van der Waals surface area contributed by atoms with Gasteiger partial charge in [0.1, 0.15) is 16.6 Å². The normalized spacial score (nSPS) is 16.5. The molecule has 0 spiro atoms. The molecular formula is C24H17N5O4S. The zero-order valence-electron chi connectivity index (χ0n) is 18.1. The van der Waals surface area contributed by atoms with E-state index in [1.54, 1.807) is 25.1 Å². The number of aryl methyl sites for hydroxylation is 2. The molecule has 1 amide bonds. The highest BCUT2D eigenvalue weighted by molar-refractivity contribution is 8.27. The summed E-state index contributed by atoms with van der Waals surface area (Å²) >= 11 is 1.24. The number of amides is 1. The number of rotatable bonds is 4. The second kappa shape index (κ2) is 8.23. The lowest BCUT2D eigenvalue weighted by Crippen LogP contribution is -2.35. The monoisotopic (exact) mass is 471 g/mol. The number of carbonyl (C=O) groups excluding carboxylic acids is 1. The molecule has 168 valence electrons. The highest BCUT2D eigenvalue weighted by Crippen LogP contribution is 2.32. The molecule has 2 aliphatic rings. The van der Waals surface area contributed by atoms with Crippen LogP contribution in [0.15, 0.2) is 74.7 Å². The third-order valence-electron chi connectivity index (χ3n) is 5.35. The number of fused-ring (bicyclic) bond motifs is 1. The van der Waals surface area contributed by atoms with E-state index in [1.807, 2.05) is 31.2 Å². The molecule has 0 radical (unpaired) electrons. The molecule has 10 heteroatoms. The number of hydrogen-bond acceptors (Lipinski definition) is 7. The average molecular weight is 471 g/mol. The maximum absolute atomic E-state index is 12.7. The van der Waals surface area contributed by atoms with E-state index in [0.29, 0.717) is 32.9 Å². The van der Waals surface area contributed by atoms with E-state index in [2.05, 4.69) is 10.1 Å². The fourth-order valence-electron chi connectivity index (χ4n) is 3.56. The summed E-state index contributed by atoms with van der Waals surface area (Å²) in [4.78, 5) is 27.3. The third-order valence-corrected chi connectivity index (χ3v) is 6.31. The maximum atomic E-state index is 12.7. The molecule has 1 N–H and O–H groups in total. The molecule has 9 nitrogen and oxygen atoms in total. The molecule has 0 fully saturated rings. The summed E-state index contributed by atoms with van der Waals surface area (Å²) in [5.74, 6) is 0.214. The first-order valence-electron chi connectivity index (χ1n) is 10.2. The van der Waals surface area contributed by atoms with Crippen LogP contribution in [0.1, 0.15) is 22.5 Å². The number of nitrogens with one attached hydrogen (secondary N) is 1. The van der Waals surface area contributed by atoms with Gasteiger partial charge in [-0.1, -0.05) is 29.8 Å². The van der Waals surface area contributed by atoms with Gasteiger partial charge >= 0.3 is 0 Å². The summed E-state index contributed by atoms with van der Waals surface area (Å²) in [6.45, 7) is 3.75. The number of non-ortho nitro benzene ring substituents is 1. The largest absolute Gasteiger partial charge is 0.457 e. The lowest BCUT2D eigenvalue weighted by atomic mass is 10.1. The summed E-state index contributed by atoms with van der Waals surface area (Å²) in [5.41, 5.74) is 3.44. The van der Waals surface area contributed by atoms with Crippen LogP contribution in [0.2, 0.25) is 0 Å². The van der Waals surface area contributed by atoms with Gasteiger partial charge in [-0.05, 0) is 55.4 Å². The van der Waals surface area contributed by atoms with E-state index in [0.717, 1.165) is 11.1 Å². The highest BCUT2D eigenvalue weighted by atomic mass is 32.2. The molecule has 0 saturated heterocycles. The number of aliphatic imine (C=N–C) groups is 1. The Balaban J connectivity index is 1.43. The molecule has 2 aromatic carbocycles. The van der Waals surface area contributed by atoms with Crippen molar-refractivity contribution in [1.82, 2.24) is 5.01 Å². The fraction of sp³-hybridized carbons (Fsp3) is 0.0833. The second-order valence-electron chi connectivity index (χ2n) is 7.75. The van der Waals surface area contributed by atoms with Gasteiger partial charge in [0.25, 0.3) is 11.6 Å². The van der Waals surface area contributed by atoms with Crippen molar-refractivity contribution in [3.8, 4) is 11.3 Å². The SMILES string of the molecule is Cc1ccc(C2=NN3C(=N)/C(=C/c4ccc(-c5ccc([N+](=O)[O-])cc5C)o4)C(=O)N=C3S2)cc1. The van der Waals surface area contributed by atoms with E-state index in [-0.39, 0.29) is 17.1 Å². The van der Waals surface area contributed by atoms with Gasteiger partial charge in [0.05, 0.1) is 10.5 Å². The molecule has 0 aliphatic carbocycles. The van der Waals surface area contributed by atoms with Crippen molar-refractivity contribution in [2.45, 2.75) is 13.8 Å². The van der Waals surface area contributed by atoms with Gasteiger partial charge in [0, 0.05) is 23.3 Å². The zero-order valence-corrected chi connectivity index (χ0v) is 18.9. The molecule has 2 aliphatic heterocycles. The number of carbonyl (C=O) groups is 1. The minimum absolute atomic E-state index is 0.000826. The topological polar surface area (TPSA) is 125 Å². The van der Waals surface area contributed by atoms with Crippen molar-refractivity contribution >= 4 is 45.5 Å². The minimum atomic E-state index is -0.548. The number of hydrazone groups is 1. The van der Waals surface area contributed by atoms with Gasteiger partial charge in [-0.25, -0.2) is 0 Å². The molecule has 0 saturated carbocycles. The molecule has 34 heavy (non-hydrogen) atoms. The van der Waals surface area contributed by atoms with E-state index in [9.17, 15) is 14.9 Å². The van der Waals surface area contributed by atoms with Crippen LogP contribution in [0.3, 0.4) is 0 Å². The summed E-state index contributed by atoms with van der Waals surface area (Å²) in [5, 5.41) is 26.3. The van der Waals surface area contributed by atoms with Crippen molar-refractivity contribution in [1.29, 1.82) is 5.41 Å². The standard InChI is InChI=1S/C24H17N5O4S/c1-13-3-5-15(6-4-13)23-27-28-21(25)19(22(30)26-24(28)34-23)12-17-8-10-20(33-17)18-9-7-16(29(31)32)11-14(18)2/h3-12,25H,1-2H3/b19-12-,25-21?. The van der Waals surface area contributed by atoms with Gasteiger partial charge in [-0.3, -0.25) is 20.3 Å². The number of furan rings is 1. The van der Waals surface area contributed by atoms with E-state index in [4.69, 9.17) is 9.83 Å². The Morgan fingerprint density at radius 3 is 2.59 bits per heavy atom. The Kier molecular flexibility index (Phi) is 5.21. The number of benzene rings is 2. The lowest BCUT2D eigenvalue weighted by molar-refractivity contribution is -0.384. The lowest BCUT2D eigenvalue weighted by Gasteiger charge is -2.19. The Morgan fingerprint density at radius 2 is 1.88 bits per heavy atom. The average Bonchev–Trinajstić information content (AvgIpc) is 3.44. The van der Waals surface area contributed by atoms with E-state index < -0.39 is 10.8 Å². The van der Waals surface area contributed by atoms with Crippen LogP contribution in [0.5, 0.6) is 0 Å². The molecule has 0 bridgehead atoms. The van der Waals surface area contributed by atoms with Crippen LogP contribution in [0.25, 0.3) is 17.4 Å². The number of amidine groups is 2. The minimum Gasteiger partial charge on any atom is -0.457 e. The predicted molar refractivity (Wildman–Crippen MR) is 131 cm³/mol. The van der Waals surface area contributed by atoms with Gasteiger partial charge in [-0.15, -0.1) is 0 Å². The van der Waals surface area contributed by atoms with Crippen LogP contribution < -0.4 is 0 Å². The summed E-state index contributed by atoms with van der Waals surface area (Å²) < 4.78 is 5.86. The van der Waals surface area contributed by atoms with Gasteiger partial charge < -0.3 is 4.42 Å². The van der Waals surface area contributed by atoms with Gasteiger partial charge in [0.2, 0.25) is 5.17 Å². The van der Waals surface area contributed by atoms with E-state index in [1.165, 1.54) is 35.0 Å². The number of nitro benzene ring substituents is 1. The Labute approximate surface area is 198 Å². The van der Waals surface area contributed by atoms with Crippen molar-refractivity contribution < 1.29 is 14.1 Å². The van der Waals surface area contributed by atoms with Crippen LogP contribution >= 0.6 is 11.8 Å². The molecule has 3 heterocycles. The quantitative estimate of drug-likeness (QED) is 0.319. The predicted octanol–water partition coefficient (Wildman–Crippen LogP) is 5.14. The molecule has 3 aromatic rings. The van der Waals surface area contributed by atoms with Crippen molar-refractivity contribution in [3.05, 3.63) is 92.7 Å². The third kappa shape index (κ3) is 3.84. The Bertz CT molecular complexity index is 1470. The summed E-state index contributed by atoms with van der Waals surface area (Å²) in [6.07, 6.45) is 1.46. The molecule has 1 aromatic heterocycles. The fourth-order valence-corrected chi connectivity index (χ4v) is 4.46. The van der Waals surface area contributed by atoms with Crippen molar-refractivity contribution in [2.75, 3.05) is 0 Å². The zero-order chi connectivity index (χ0) is 24.0. The van der Waals surface area contributed by atoms with Crippen LogP contribution in [0.4, 0.5) is 5.69 Å². The second-order valence-corrected chi connectivity index (χ2v) is 8.71. The first-order valence-corrected chi connectivity index (χ1v) is 11.0. The van der Waals surface area contributed by atoms with Crippen LogP contribution in [-0.4, -0.2) is 31.9 Å². The Hall–Kier alpha value is -4.31. The first kappa shape index (κ1) is 21.5. The van der Waals surface area contributed by atoms with Crippen LogP contribution in [0, 0.1) is 29.4 Å². The molecule has 0 unspecified atom stereocenters. The van der Waals surface area contributed by atoms with Crippen molar-refractivity contribution in [3.63, 3.8) is 0 Å². The maximum Gasteiger partial charge on any atom is 0.283 e. The summed E-state index contributed by atoms with van der Waals surface area (Å²) in [7, 11) is 0. The smallest absolute Gasteiger partial charge is 0.283 e. The first-order chi connectivity index (χ1) is 16.3. The van der Waals surface area contributed by atoms with Crippen LogP contribution in [-0.2, 0) is 4.79 Å². The molecular weight excluding hydrogens is 454 g/mol. The number of nitro groups is 1. The Morgan fingerprint density at radius 1 is 1.12 bits per heavy atom. The summed E-state index contributed by atoms with van der Waals surface area (Å²) in [6, 6.07) is 15.7. The van der Waals surface area contributed by atoms with Crippen molar-refractivity contribution in [2.24, 2.45) is 10.1 Å². The van der Waals surface area contributed by atoms with E-state index >= 15 is 0 Å². The number of thioether (sulfide) groups is 1. The molecule has 5 rings (SSSR count). The molecule has 0 atom stereocenters. The number of hydrogen-bond donors (Lipinski definition) is 1. The highest BCUT2D eigenvalue weighted by Gasteiger charge is 2.36. The number of nitrogens with zero attached hydrogens (tertiary/aromatic N) is 4.